The van der Waals surface area contributed by atoms with Crippen LogP contribution in [-0.2, 0) is 123 Å². The highest BCUT2D eigenvalue weighted by molar-refractivity contribution is 9.08. The molecule has 3 fully saturated rings. The average molecular weight is 1740 g/mol. The molecule has 10 heterocycles. The number of hydrogen-bond acceptors (Lipinski definition) is 38. The number of terminal acetylenes is 3. The number of H-pyrrole nitrogens is 1. The first-order chi connectivity index (χ1) is 53.3. The van der Waals surface area contributed by atoms with Crippen molar-refractivity contribution < 1.29 is 125 Å². The number of carbonyl (C=O) groups is 10. The van der Waals surface area contributed by atoms with E-state index in [4.69, 9.17) is 111 Å². The molecule has 3 saturated heterocycles. The van der Waals surface area contributed by atoms with Gasteiger partial charge in [0.25, 0.3) is 5.60 Å². The number of ether oxygens (including phenoxy) is 12. The van der Waals surface area contributed by atoms with Gasteiger partial charge in [-0.25, -0.2) is 44.1 Å². The molecule has 7 aromatic rings. The van der Waals surface area contributed by atoms with E-state index >= 15 is 0 Å². The highest BCUT2D eigenvalue weighted by atomic mass is 79.9. The van der Waals surface area contributed by atoms with Crippen molar-refractivity contribution in [2.45, 2.75) is 166 Å². The highest BCUT2D eigenvalue weighted by Crippen LogP contribution is 2.44. The second kappa shape index (κ2) is 40.7. The van der Waals surface area contributed by atoms with Gasteiger partial charge in [0.05, 0.1) is 78.3 Å². The van der Waals surface area contributed by atoms with Gasteiger partial charge in [-0.1, -0.05) is 33.7 Å². The van der Waals surface area contributed by atoms with Crippen LogP contribution in [0.1, 0.15) is 90.5 Å². The van der Waals surface area contributed by atoms with Crippen LogP contribution in [0.3, 0.4) is 0 Å². The van der Waals surface area contributed by atoms with Gasteiger partial charge < -0.3 is 93.7 Å². The average Bonchev–Trinajstić information content (AvgIpc) is 1.63. The van der Waals surface area contributed by atoms with Gasteiger partial charge >= 0.3 is 47.8 Å². The molecule has 10 rings (SSSR count). The van der Waals surface area contributed by atoms with Crippen LogP contribution in [0.2, 0.25) is 10.6 Å². The number of Topliss-reactive ketones (excluding diaryl/α,β-unsaturated/α-hetero) is 2. The number of hydrogen-bond donors (Lipinski definition) is 7. The number of aliphatic carboxylic acids is 2. The lowest BCUT2D eigenvalue weighted by Gasteiger charge is -2.33. The molecule has 45 heteroatoms. The first kappa shape index (κ1) is 92.0. The zero-order valence-electron chi connectivity index (χ0n) is 61.5. The van der Waals surface area contributed by atoms with Gasteiger partial charge in [0.15, 0.2) is 58.5 Å². The molecule has 3 aliphatic heterocycles. The maximum absolute atomic E-state index is 12.9. The summed E-state index contributed by atoms with van der Waals surface area (Å²) in [4.78, 5) is 157. The van der Waals surface area contributed by atoms with E-state index in [2.05, 4.69) is 77.6 Å². The first-order valence-electron chi connectivity index (χ1n) is 33.0. The third-order valence-corrected chi connectivity index (χ3v) is 20.2. The number of nitrogens with two attached hydrogens (primary N) is 2. The van der Waals surface area contributed by atoms with Crippen molar-refractivity contribution in [1.82, 2.24) is 54.4 Å². The Labute approximate surface area is 673 Å². The van der Waals surface area contributed by atoms with Crippen molar-refractivity contribution in [2.75, 3.05) is 44.5 Å². The standard InChI is InChI=1S/C22H27NO9S.C19H17ClN6O8S.C18H24O9.C5H4ClN5.C4H4BrNS/c1-7-21(6)16(32-19(31-15(5)26)18(21)30-14(4)25)12-29-22(13(3)24,20(27)28-8-2)11-17-23-9-10-33-17;1-2-18(32)8(6-33-19(15(28)29,16(30)31)5-9-22-3-4-35-9)34-14(11(18)27)26-7-23-10-12(21)24-17(20)25-13(10)26;1-7-18(6)13(9-24-14(10(3)19)16(22)23-8-2)27-17(26-12(5)21)15(18)25-11(4)20;6-5-10-3(7)2-4(11-5)9-1-8-2;5-3-4-6-1-2-7-4/h1,9-10,16,18-19H,8,11-12H2,2-6H3;1,3-4,7-8,11,14,27,32H,5-6H2,(H,28,29)(H,30,31)(H2,21,24,25);1,13-15,17H,8-9H2,2-6H3;1H,(H3,7,8,9,10,11);1-2H,3H2/t16-,18+,19?,21+,22?;8-,11+,14-,18-;13-,14?,15+,17?,18+;;/m111../s1. The van der Waals surface area contributed by atoms with Crippen molar-refractivity contribution in [3.05, 3.63) is 73.0 Å². The molecule has 4 unspecified atom stereocenters. The highest BCUT2D eigenvalue weighted by Gasteiger charge is 2.61. The number of carbonyl (C=O) groups excluding carboxylic acids is 8. The Kier molecular flexibility index (Phi) is 33.1. The zero-order valence-corrected chi connectivity index (χ0v) is 67.1. The van der Waals surface area contributed by atoms with Crippen molar-refractivity contribution in [3.63, 3.8) is 0 Å². The van der Waals surface area contributed by atoms with Crippen molar-refractivity contribution >= 4 is 166 Å². The molecule has 0 radical (unpaired) electrons. The molecular weight excluding hydrogens is 1660 g/mol. The maximum atomic E-state index is 12.9. The van der Waals surface area contributed by atoms with Gasteiger partial charge in [-0.2, -0.15) is 19.9 Å². The number of aromatic amines is 1. The number of aromatic nitrogens is 11. The Morgan fingerprint density at radius 2 is 1.13 bits per heavy atom. The van der Waals surface area contributed by atoms with Gasteiger partial charge in [-0.3, -0.25) is 33.3 Å². The van der Waals surface area contributed by atoms with E-state index in [0.29, 0.717) is 22.0 Å². The monoisotopic (exact) mass is 1740 g/mol. The van der Waals surface area contributed by atoms with E-state index in [1.54, 1.807) is 62.2 Å². The smallest absolute Gasteiger partial charge is 0.348 e. The number of thiazole rings is 3. The first-order valence-corrected chi connectivity index (χ1v) is 37.5. The van der Waals surface area contributed by atoms with Crippen LogP contribution >= 0.6 is 73.1 Å². The molecule has 0 aromatic carbocycles. The minimum Gasteiger partial charge on any atom is -0.479 e. The number of aliphatic hydroxyl groups excluding tert-OH is 1. The number of halogens is 3. The van der Waals surface area contributed by atoms with Crippen LogP contribution < -0.4 is 11.5 Å². The van der Waals surface area contributed by atoms with Gasteiger partial charge in [0.1, 0.15) is 40.5 Å². The predicted molar refractivity (Wildman–Crippen MR) is 399 cm³/mol. The SMILES string of the molecule is BrCc1nccs1.C#C[C@@]1(C)[C@@H](COC(C(C)=O)C(=O)OCC)OC(OC(C)=O)[C@@H]1OC(C)=O.C#C[C@@]1(C)[C@@H](COC(Cc2nccs2)(C(C)=O)C(=O)OCC)OC(OC(C)=O)[C@@H]1OC(C)=O.C#C[C@@]1(O)[C@@H](COC(Cc2nccs2)(C(=O)O)C(=O)O)O[C@@H](n2cnc3c(N)nc(Cl)nc32)[C@@H]1O.Nc1nc(Cl)nc2nc[nH]c12. The maximum Gasteiger partial charge on any atom is 0.348 e. The quantitative estimate of drug-likeness (QED) is 0.00962. The summed E-state index contributed by atoms with van der Waals surface area (Å²) in [6, 6.07) is 0. The fraction of sp³-hybridized carbons (Fsp3) is 0.485. The lowest BCUT2D eigenvalue weighted by Crippen LogP contribution is -2.55. The van der Waals surface area contributed by atoms with E-state index in [1.807, 2.05) is 11.3 Å². The fourth-order valence-electron chi connectivity index (χ4n) is 10.7. The Bertz CT molecular complexity index is 4650. The second-order valence-electron chi connectivity index (χ2n) is 24.2. The van der Waals surface area contributed by atoms with Crippen LogP contribution in [0.5, 0.6) is 0 Å². The number of nitrogens with one attached hydrogen (secondary N) is 1. The Balaban J connectivity index is 0.000000238. The fourth-order valence-corrected chi connectivity index (χ4v) is 13.5. The van der Waals surface area contributed by atoms with Gasteiger partial charge in [-0.15, -0.1) is 53.3 Å². The van der Waals surface area contributed by atoms with Crippen molar-refractivity contribution in [1.29, 1.82) is 0 Å². The number of rotatable bonds is 27. The van der Waals surface area contributed by atoms with Crippen LogP contribution in [0.4, 0.5) is 11.6 Å². The third-order valence-electron chi connectivity index (χ3n) is 16.6. The molecule has 9 N–H and O–H groups in total. The third kappa shape index (κ3) is 22.3. The van der Waals surface area contributed by atoms with Gasteiger partial charge in [0, 0.05) is 68.8 Å². The number of fused-ring (bicyclic) bond motifs is 2. The number of nitrogen functional groups attached to an aromatic ring is 2. The molecule has 39 nitrogen and oxygen atoms in total. The van der Waals surface area contributed by atoms with E-state index in [-0.39, 0.29) is 65.4 Å². The zero-order chi connectivity index (χ0) is 84.1. The molecular formula is C68H76BrCl2N13O26S3. The predicted octanol–water partition coefficient (Wildman–Crippen LogP) is 3.77. The minimum atomic E-state index is -2.77. The normalized spacial score (nSPS) is 23.5. The second-order valence-corrected chi connectivity index (χ2v) is 28.4. The summed E-state index contributed by atoms with van der Waals surface area (Å²) < 4.78 is 65.6. The summed E-state index contributed by atoms with van der Waals surface area (Å²) in [7, 11) is 0. The van der Waals surface area contributed by atoms with Crippen molar-refractivity contribution in [3.8, 4) is 37.0 Å². The minimum absolute atomic E-state index is 0.0279. The van der Waals surface area contributed by atoms with Crippen LogP contribution in [0.15, 0.2) is 47.4 Å². The summed E-state index contributed by atoms with van der Waals surface area (Å²) in [5.41, 5.74) is 2.87. The number of imidazole rings is 2. The number of aliphatic hydroxyl groups is 2. The number of anilines is 2. The number of carboxylic acids is 2. The summed E-state index contributed by atoms with van der Waals surface area (Å²) in [5.74, 6) is -1.79. The summed E-state index contributed by atoms with van der Waals surface area (Å²) in [6.07, 6.45) is 10.6. The Morgan fingerprint density at radius 3 is 1.58 bits per heavy atom. The van der Waals surface area contributed by atoms with E-state index in [0.717, 1.165) is 28.6 Å². The number of alkyl halides is 1. The Hall–Kier alpha value is -9.89. The van der Waals surface area contributed by atoms with Crippen molar-refractivity contribution in [2.24, 2.45) is 10.8 Å². The van der Waals surface area contributed by atoms with Crippen LogP contribution in [-0.4, -0.2) is 239 Å². The number of nitrogens with zero attached hydrogens (tertiary/aromatic N) is 10. The van der Waals surface area contributed by atoms with E-state index < -0.39 is 162 Å². The van der Waals surface area contributed by atoms with Gasteiger partial charge in [0.2, 0.25) is 34.9 Å². The number of ketones is 2. The number of esters is 6. The molecule has 0 aliphatic carbocycles. The largest absolute Gasteiger partial charge is 0.479 e. The topological polar surface area (TPSA) is 551 Å². The molecule has 608 valence electrons. The Morgan fingerprint density at radius 1 is 0.655 bits per heavy atom. The van der Waals surface area contributed by atoms with Gasteiger partial charge in [-0.05, 0) is 64.7 Å². The lowest BCUT2D eigenvalue weighted by molar-refractivity contribution is -0.201. The molecule has 0 amide bonds. The molecule has 0 saturated carbocycles. The molecule has 14 atom stereocenters. The molecule has 0 bridgehead atoms. The molecule has 0 spiro atoms. The summed E-state index contributed by atoms with van der Waals surface area (Å²) >= 11 is 18.6. The van der Waals surface area contributed by atoms with Crippen LogP contribution in [0, 0.1) is 47.9 Å². The van der Waals surface area contributed by atoms with E-state index in [9.17, 15) is 68.4 Å². The summed E-state index contributed by atoms with van der Waals surface area (Å²) in [6.45, 7) is 12.1. The van der Waals surface area contributed by atoms with Crippen LogP contribution in [0.25, 0.3) is 22.3 Å². The molecule has 3 aliphatic rings. The number of carboxylic acid groups (broad SMARTS) is 2. The summed E-state index contributed by atoms with van der Waals surface area (Å²) in [5, 5.41) is 49.0. The van der Waals surface area contributed by atoms with E-state index in [1.165, 1.54) is 69.4 Å². The molecule has 113 heavy (non-hydrogen) atoms. The molecule has 7 aromatic heterocycles. The lowest BCUT2D eigenvalue weighted by atomic mass is 9.81.